The predicted molar refractivity (Wildman–Crippen MR) is 469 cm³/mol. The number of aliphatic carboxylic acids is 1. The number of carbonyl (C=O) groups is 9. The van der Waals surface area contributed by atoms with Crippen LogP contribution in [0.15, 0.2) is 157 Å². The summed E-state index contributed by atoms with van der Waals surface area (Å²) < 4.78 is 23.2. The van der Waals surface area contributed by atoms with E-state index in [2.05, 4.69) is 127 Å². The molecule has 0 unspecified atom stereocenters. The van der Waals surface area contributed by atoms with E-state index >= 15 is 0 Å². The molecule has 4 aromatic heterocycles. The van der Waals surface area contributed by atoms with Gasteiger partial charge in [-0.15, -0.1) is 5.34 Å². The number of halogens is 9. The quantitative estimate of drug-likeness (QED) is 0.0138. The average molecular weight is 2180 g/mol. The predicted octanol–water partition coefficient (Wildman–Crippen LogP) is 13.6. The van der Waals surface area contributed by atoms with Crippen molar-refractivity contribution in [3.8, 4) is 0 Å². The molecule has 0 atom stereocenters. The normalized spacial score (nSPS) is 9.41. The van der Waals surface area contributed by atoms with Crippen LogP contribution in [0.5, 0.6) is 0 Å². The molecule has 0 amide bonds. The topological polar surface area (TPSA) is 433 Å². The minimum Gasteiger partial charge on any atom is -0.870 e. The zero-order chi connectivity index (χ0) is 79.4. The number of aromatic amines is 2. The number of nitrogens with one attached hydrogen (secondary N) is 2. The number of esters is 4. The van der Waals surface area contributed by atoms with Crippen LogP contribution in [0.1, 0.15) is 134 Å². The van der Waals surface area contributed by atoms with Crippen molar-refractivity contribution in [2.75, 3.05) is 34.2 Å². The Balaban J connectivity index is -0.00000126. The molecule has 0 fully saturated rings. The van der Waals surface area contributed by atoms with Gasteiger partial charge in [0.15, 0.2) is 0 Å². The summed E-state index contributed by atoms with van der Waals surface area (Å²) in [5.74, 6) is -4.13. The number of carboxylic acids is 2. The van der Waals surface area contributed by atoms with Gasteiger partial charge in [-0.05, 0) is 226 Å². The summed E-state index contributed by atoms with van der Waals surface area (Å²) in [6.45, 7) is 8.37. The van der Waals surface area contributed by atoms with E-state index in [0.29, 0.717) is 83.5 Å². The van der Waals surface area contributed by atoms with Gasteiger partial charge in [0.25, 0.3) is 23.0 Å². The maximum Gasteiger partial charge on any atom is 1.00 e. The Morgan fingerprint density at radius 3 is 1.25 bits per heavy atom. The van der Waals surface area contributed by atoms with Gasteiger partial charge in [-0.3, -0.25) is 29.4 Å². The molecular formula is C73H71Cl4I5LiN10NaO18. The minimum atomic E-state index is -1.06. The van der Waals surface area contributed by atoms with Crippen molar-refractivity contribution in [3.63, 3.8) is 0 Å². The molecule has 12 rings (SSSR count). The summed E-state index contributed by atoms with van der Waals surface area (Å²) >= 11 is 33.8. The molecule has 7 N–H and O–H groups in total. The molecule has 4 heterocycles. The van der Waals surface area contributed by atoms with Crippen LogP contribution in [-0.4, -0.2) is 137 Å². The Bertz CT molecular complexity index is 5180. The second kappa shape index (κ2) is 54.0. The van der Waals surface area contributed by atoms with Crippen LogP contribution in [0.2, 0.25) is 15.1 Å². The molecule has 0 saturated carbocycles. The Kier molecular flexibility index (Phi) is 52.6. The van der Waals surface area contributed by atoms with Gasteiger partial charge in [0.05, 0.1) is 116 Å². The number of aryl methyl sites for hydroxylation is 4. The number of carbonyl (C=O) groups excluding carboxylic acids is 7. The van der Waals surface area contributed by atoms with Crippen molar-refractivity contribution in [2.45, 2.75) is 56.9 Å². The second-order valence-electron chi connectivity index (χ2n) is 20.9. The number of aromatic carboxylic acids is 1. The maximum absolute atomic E-state index is 13.0. The molecule has 28 nitrogen and oxygen atoms in total. The largest absolute Gasteiger partial charge is 1.00 e. The number of aromatic nitrogens is 8. The Hall–Kier alpha value is -6.96. The van der Waals surface area contributed by atoms with E-state index in [1.807, 2.05) is 54.6 Å². The van der Waals surface area contributed by atoms with E-state index in [1.165, 1.54) is 49.9 Å². The number of hydrogen-bond acceptors (Lipinski definition) is 22. The SMILES string of the molecule is C.C.C.CC(=O)O.COC(=O)c1ccc(C)c(N)c1.COC(=O)c1ccc2c(I)[nH]nc2c1.COC(=O)c1ccc2c(I)nn(C(=O)c3c(C)cccc3Cl)c2c1.COC(=O)c1ccc2cn[nH]c2c1.Cc1cccc(Cl)c1C(=O)Cl.Cc1cccc(Cl)c1C(=O)n1nc(I)c2ccc(C(=O)O)cc21.II.O=N[O-].[Li+].[Na+].[OH-]. The van der Waals surface area contributed by atoms with Gasteiger partial charge in [0.1, 0.15) is 11.1 Å². The van der Waals surface area contributed by atoms with Crippen molar-refractivity contribution in [1.82, 2.24) is 40.0 Å². The van der Waals surface area contributed by atoms with Crippen LogP contribution in [0.4, 0.5) is 5.69 Å². The van der Waals surface area contributed by atoms with Gasteiger partial charge in [-0.25, -0.2) is 24.0 Å². The third kappa shape index (κ3) is 30.7. The van der Waals surface area contributed by atoms with Crippen LogP contribution in [0, 0.1) is 48.9 Å². The van der Waals surface area contributed by atoms with Gasteiger partial charge in [-0.1, -0.05) is 106 Å². The molecule has 0 radical (unpaired) electrons. The van der Waals surface area contributed by atoms with E-state index in [9.17, 15) is 38.4 Å². The number of methoxy groups -OCH3 is 4. The third-order valence-corrected chi connectivity index (χ3v) is 17.7. The smallest absolute Gasteiger partial charge is 0.870 e. The summed E-state index contributed by atoms with van der Waals surface area (Å²) in [6, 6.07) is 40.9. The first-order chi connectivity index (χ1) is 50.3. The number of carboxylic acid groups (broad SMARTS) is 2. The molecule has 0 bridgehead atoms. The number of nitrogen functional groups attached to an aromatic ring is 1. The van der Waals surface area contributed by atoms with Crippen LogP contribution in [-0.2, 0) is 23.7 Å². The van der Waals surface area contributed by atoms with E-state index in [1.54, 1.807) is 135 Å². The first kappa shape index (κ1) is 109. The summed E-state index contributed by atoms with van der Waals surface area (Å²) in [6.07, 6.45) is 1.70. The monoisotopic (exact) mass is 2180 g/mol. The first-order valence-corrected chi connectivity index (χ1v) is 40.5. The molecule has 12 aromatic rings. The molecule has 112 heavy (non-hydrogen) atoms. The summed E-state index contributed by atoms with van der Waals surface area (Å²) in [5, 5.41) is 51.8. The van der Waals surface area contributed by atoms with E-state index in [-0.39, 0.29) is 111 Å². The van der Waals surface area contributed by atoms with Crippen LogP contribution in [0.3, 0.4) is 0 Å². The zero-order valence-corrected chi connectivity index (χ0v) is 74.8. The van der Waals surface area contributed by atoms with Gasteiger partial charge >= 0.3 is 78.3 Å². The number of anilines is 1. The standard InChI is InChI=1S/C17H12ClIN2O3.C16H10ClIN2O3.C9H7IN2O2.C9H8N2O2.C9H11NO2.C8H6Cl2O.C2H4O2.3CH4.I2.Li.HNO2.Na.H2O/c1-9-4-3-5-12(18)14(9)16(22)21-13-8-10(17(23)24-2)6-7-11(13)15(19)20-21;1-8-3-2-4-11(17)13(8)15(21)20-12-7-9(16(22)23)5-6-10(12)14(18)19-20;1-14-9(13)5-2-3-6-7(4-5)11-12-8(6)10;1-13-9(12)6-2-3-7-5-10-11-8(7)4-6;1-6-3-4-7(5-8(6)10)9(11)12-2;1-5-3-2-4-6(9)7(5)8(10)11;1-2(3)4;;;;1-2;;2-1-3;;/h3-8H,1-2H3;2-7H,1H3,(H,22,23);2-4H,1H3,(H,11,12);2-5H,1H3,(H,10,11);3-5H,10H2,1-2H3;2-4H,1H3;1H3,(H,3,4);3*1H4;;;(H,2,3);;1H2/q;;;;;;;;;;;+1;;+1;/p-2. The fourth-order valence-electron chi connectivity index (χ4n) is 9.03. The van der Waals surface area contributed by atoms with E-state index in [4.69, 9.17) is 82.0 Å². The number of H-pyrrole nitrogens is 2. The molecule has 0 aliphatic rings. The van der Waals surface area contributed by atoms with Gasteiger partial charge in [-0.2, -0.15) is 29.8 Å². The van der Waals surface area contributed by atoms with Crippen LogP contribution in [0.25, 0.3) is 43.6 Å². The fourth-order valence-corrected chi connectivity index (χ4v) is 12.2. The number of nitrogens with zero attached hydrogens (tertiary/aromatic N) is 7. The average Bonchev–Trinajstić information content (AvgIpc) is 1.62. The Labute approximate surface area is 761 Å². The molecule has 39 heteroatoms. The molecule has 0 aliphatic heterocycles. The fraction of sp³-hybridized carbons (Fsp3) is 0.164. The van der Waals surface area contributed by atoms with Crippen molar-refractivity contribution >= 4 is 254 Å². The second-order valence-corrected chi connectivity index (χ2v) is 25.6. The summed E-state index contributed by atoms with van der Waals surface area (Å²) in [5.41, 5.74) is 15.2. The van der Waals surface area contributed by atoms with Crippen molar-refractivity contribution in [2.24, 2.45) is 5.34 Å². The molecule has 0 aliphatic carbocycles. The molecule has 586 valence electrons. The Morgan fingerprint density at radius 2 is 0.875 bits per heavy atom. The number of rotatable bonds is 8. The van der Waals surface area contributed by atoms with Crippen LogP contribution < -0.4 is 54.2 Å². The third-order valence-electron chi connectivity index (χ3n) is 14.1. The summed E-state index contributed by atoms with van der Waals surface area (Å²) in [4.78, 5) is 110. The Morgan fingerprint density at radius 1 is 0.527 bits per heavy atom. The molecular weight excluding hydrogens is 2110 g/mol. The molecule has 8 aromatic carbocycles. The number of ether oxygens (including phenoxy) is 4. The minimum absolute atomic E-state index is 0. The van der Waals surface area contributed by atoms with E-state index in [0.717, 1.165) is 65.4 Å². The summed E-state index contributed by atoms with van der Waals surface area (Å²) in [7, 11) is 5.38. The maximum atomic E-state index is 13.0. The number of benzene rings is 8. The van der Waals surface area contributed by atoms with E-state index < -0.39 is 23.2 Å². The van der Waals surface area contributed by atoms with Gasteiger partial charge in [0, 0.05) is 71.4 Å². The van der Waals surface area contributed by atoms with Crippen molar-refractivity contribution in [1.29, 1.82) is 0 Å². The number of nitrogens with two attached hydrogens (primary N) is 1. The number of fused-ring (bicyclic) bond motifs is 4. The molecule has 0 saturated heterocycles. The van der Waals surface area contributed by atoms with Gasteiger partial charge < -0.3 is 50.5 Å². The first-order valence-electron chi connectivity index (χ1n) is 29.5. The van der Waals surface area contributed by atoms with Crippen molar-refractivity contribution < 1.29 is 126 Å². The zero-order valence-electron chi connectivity index (χ0n) is 59.0. The van der Waals surface area contributed by atoms with Crippen LogP contribution >= 0.6 is 151 Å². The van der Waals surface area contributed by atoms with Crippen molar-refractivity contribution in [3.05, 3.63) is 255 Å². The van der Waals surface area contributed by atoms with Gasteiger partial charge in [0.2, 0.25) is 0 Å². The molecule has 0 spiro atoms. The number of hydrogen-bond donors (Lipinski definition) is 5.